The van der Waals surface area contributed by atoms with E-state index in [1.165, 1.54) is 0 Å². The van der Waals surface area contributed by atoms with Crippen LogP contribution in [0.5, 0.6) is 0 Å². The van der Waals surface area contributed by atoms with Crippen molar-refractivity contribution < 1.29 is 0 Å². The number of nitrogens with one attached hydrogen (secondary N) is 2. The molecule has 0 heterocycles. The van der Waals surface area contributed by atoms with Gasteiger partial charge in [-0.1, -0.05) is 22.6 Å². The van der Waals surface area contributed by atoms with Gasteiger partial charge in [0, 0.05) is 17.5 Å². The van der Waals surface area contributed by atoms with Crippen molar-refractivity contribution in [1.29, 1.82) is 5.53 Å². The van der Waals surface area contributed by atoms with Crippen molar-refractivity contribution in [2.75, 3.05) is 24.1 Å². The van der Waals surface area contributed by atoms with E-state index in [0.717, 1.165) is 17.5 Å². The third kappa shape index (κ3) is 6.29. The molecule has 0 aromatic rings. The van der Waals surface area contributed by atoms with Gasteiger partial charge in [0.15, 0.2) is 0 Å². The van der Waals surface area contributed by atoms with Crippen molar-refractivity contribution >= 4 is 22.6 Å². The van der Waals surface area contributed by atoms with Gasteiger partial charge in [0.05, 0.1) is 6.54 Å². The van der Waals surface area contributed by atoms with E-state index in [9.17, 15) is 0 Å². The van der Waals surface area contributed by atoms with Crippen LogP contribution in [0, 0.1) is 5.53 Å². The summed E-state index contributed by atoms with van der Waals surface area (Å²) in [6.45, 7) is 2.47. The highest BCUT2D eigenvalue weighted by atomic mass is 127. The van der Waals surface area contributed by atoms with Crippen LogP contribution in [0.3, 0.4) is 0 Å². The predicted molar refractivity (Wildman–Crippen MR) is 41.8 cm³/mol. The lowest BCUT2D eigenvalue weighted by molar-refractivity contribution is 0.711. The second-order valence-corrected chi connectivity index (χ2v) is 2.40. The van der Waals surface area contributed by atoms with E-state index in [-0.39, 0.29) is 0 Å². The van der Waals surface area contributed by atoms with Crippen LogP contribution in [0.25, 0.3) is 0 Å². The van der Waals surface area contributed by atoms with Crippen molar-refractivity contribution in [3.8, 4) is 0 Å². The largest absolute Gasteiger partial charge is 0.314 e. The molecule has 3 nitrogen and oxygen atoms in total. The Kier molecular flexibility index (Phi) is 7.55. The molecule has 0 unspecified atom stereocenters. The minimum atomic E-state index is 0.608. The quantitative estimate of drug-likeness (QED) is 0.313. The van der Waals surface area contributed by atoms with Crippen LogP contribution in [-0.4, -0.2) is 24.1 Å². The average molecular weight is 227 g/mol. The highest BCUT2D eigenvalue weighted by Crippen LogP contribution is 1.75. The standard InChI is InChI=1S/C4H10IN3/c5-1-2-7-3-4-8-6/h6-7H,1-4H2. The van der Waals surface area contributed by atoms with Crippen LogP contribution < -0.4 is 5.32 Å². The van der Waals surface area contributed by atoms with Gasteiger partial charge in [0.25, 0.3) is 0 Å². The molecule has 4 heteroatoms. The normalized spacial score (nSPS) is 9.12. The molecule has 2 N–H and O–H groups in total. The van der Waals surface area contributed by atoms with Gasteiger partial charge in [-0.25, -0.2) is 5.53 Å². The lowest BCUT2D eigenvalue weighted by Gasteiger charge is -1.94. The van der Waals surface area contributed by atoms with Gasteiger partial charge in [-0.05, 0) is 0 Å². The van der Waals surface area contributed by atoms with Gasteiger partial charge in [-0.2, -0.15) is 5.11 Å². The van der Waals surface area contributed by atoms with E-state index in [4.69, 9.17) is 5.53 Å². The van der Waals surface area contributed by atoms with E-state index in [0.29, 0.717) is 6.54 Å². The first-order chi connectivity index (χ1) is 3.91. The summed E-state index contributed by atoms with van der Waals surface area (Å²) < 4.78 is 1.12. The van der Waals surface area contributed by atoms with E-state index < -0.39 is 0 Å². The third-order valence-electron chi connectivity index (χ3n) is 0.672. The zero-order valence-corrected chi connectivity index (χ0v) is 6.81. The molecule has 0 amide bonds. The monoisotopic (exact) mass is 227 g/mol. The van der Waals surface area contributed by atoms with Gasteiger partial charge >= 0.3 is 0 Å². The molecule has 0 bridgehead atoms. The Bertz CT molecular complexity index is 57.2. The summed E-state index contributed by atoms with van der Waals surface area (Å²) in [7, 11) is 0. The van der Waals surface area contributed by atoms with Gasteiger partial charge in [-0.15, -0.1) is 0 Å². The first kappa shape index (κ1) is 8.29. The van der Waals surface area contributed by atoms with Crippen LogP contribution >= 0.6 is 22.6 Å². The van der Waals surface area contributed by atoms with Gasteiger partial charge in [0.2, 0.25) is 0 Å². The Labute approximate surface area is 62.9 Å². The number of hydrogen-bond acceptors (Lipinski definition) is 3. The highest BCUT2D eigenvalue weighted by molar-refractivity contribution is 14.1. The molecule has 0 aromatic heterocycles. The molecule has 0 atom stereocenters. The molecule has 0 aliphatic rings. The summed E-state index contributed by atoms with van der Waals surface area (Å²) in [5, 5.41) is 6.31. The van der Waals surface area contributed by atoms with Gasteiger partial charge in [-0.3, -0.25) is 0 Å². The minimum Gasteiger partial charge on any atom is -0.314 e. The zero-order chi connectivity index (χ0) is 6.24. The topological polar surface area (TPSA) is 48.2 Å². The number of alkyl halides is 1. The second kappa shape index (κ2) is 7.29. The molecule has 0 aliphatic carbocycles. The molecule has 0 saturated heterocycles. The Morgan fingerprint density at radius 1 is 1.50 bits per heavy atom. The Morgan fingerprint density at radius 2 is 2.25 bits per heavy atom. The summed E-state index contributed by atoms with van der Waals surface area (Å²) >= 11 is 2.30. The lowest BCUT2D eigenvalue weighted by atomic mass is 10.6. The molecule has 48 valence electrons. The number of rotatable bonds is 5. The maximum Gasteiger partial charge on any atom is 0.0721 e. The molecule has 0 fully saturated rings. The molecular weight excluding hydrogens is 217 g/mol. The Balaban J connectivity index is 2.62. The lowest BCUT2D eigenvalue weighted by Crippen LogP contribution is -2.19. The molecule has 0 aromatic carbocycles. The first-order valence-corrected chi connectivity index (χ1v) is 4.04. The predicted octanol–water partition coefficient (Wildman–Crippen LogP) is 1.04. The maximum absolute atomic E-state index is 6.42. The van der Waals surface area contributed by atoms with Crippen LogP contribution in [0.15, 0.2) is 5.11 Å². The smallest absolute Gasteiger partial charge is 0.0721 e. The van der Waals surface area contributed by atoms with Crippen molar-refractivity contribution in [3.05, 3.63) is 0 Å². The molecule has 0 saturated carbocycles. The highest BCUT2D eigenvalue weighted by Gasteiger charge is 1.80. The van der Waals surface area contributed by atoms with Crippen LogP contribution in [0.4, 0.5) is 0 Å². The Hall–Kier alpha value is 0.290. The van der Waals surface area contributed by atoms with E-state index in [2.05, 4.69) is 33.0 Å². The van der Waals surface area contributed by atoms with Crippen molar-refractivity contribution in [2.45, 2.75) is 0 Å². The number of hydrogen-bond donors (Lipinski definition) is 2. The molecule has 0 aliphatic heterocycles. The SMILES string of the molecule is N=NCCNCCI. The van der Waals surface area contributed by atoms with Gasteiger partial charge in [0.1, 0.15) is 0 Å². The fourth-order valence-electron chi connectivity index (χ4n) is 0.327. The number of halogens is 1. The molecular formula is C4H10IN3. The maximum atomic E-state index is 6.42. The summed E-state index contributed by atoms with van der Waals surface area (Å²) in [4.78, 5) is 0. The van der Waals surface area contributed by atoms with Crippen molar-refractivity contribution in [2.24, 2.45) is 5.11 Å². The van der Waals surface area contributed by atoms with Crippen LogP contribution in [0.2, 0.25) is 0 Å². The van der Waals surface area contributed by atoms with E-state index in [1.54, 1.807) is 0 Å². The Morgan fingerprint density at radius 3 is 2.75 bits per heavy atom. The van der Waals surface area contributed by atoms with Crippen LogP contribution in [-0.2, 0) is 0 Å². The molecule has 0 radical (unpaired) electrons. The fourth-order valence-corrected chi connectivity index (χ4v) is 0.708. The molecule has 8 heavy (non-hydrogen) atoms. The molecule has 0 spiro atoms. The average Bonchev–Trinajstić information content (AvgIpc) is 1.81. The minimum absolute atomic E-state index is 0.608. The first-order valence-electron chi connectivity index (χ1n) is 2.51. The fraction of sp³-hybridized carbons (Fsp3) is 1.00. The third-order valence-corrected chi connectivity index (χ3v) is 1.21. The number of nitrogens with zero attached hydrogens (tertiary/aromatic N) is 1. The van der Waals surface area contributed by atoms with E-state index >= 15 is 0 Å². The van der Waals surface area contributed by atoms with E-state index in [1.807, 2.05) is 0 Å². The van der Waals surface area contributed by atoms with Crippen LogP contribution in [0.1, 0.15) is 0 Å². The van der Waals surface area contributed by atoms with Crippen molar-refractivity contribution in [1.82, 2.24) is 5.32 Å². The van der Waals surface area contributed by atoms with Crippen molar-refractivity contribution in [3.63, 3.8) is 0 Å². The summed E-state index contributed by atoms with van der Waals surface area (Å²) in [5.74, 6) is 0. The van der Waals surface area contributed by atoms with Gasteiger partial charge < -0.3 is 5.32 Å². The summed E-state index contributed by atoms with van der Waals surface area (Å²) in [5.41, 5.74) is 6.42. The zero-order valence-electron chi connectivity index (χ0n) is 4.65. The molecule has 0 rings (SSSR count). The summed E-state index contributed by atoms with van der Waals surface area (Å²) in [6.07, 6.45) is 0. The second-order valence-electron chi connectivity index (χ2n) is 1.32. The summed E-state index contributed by atoms with van der Waals surface area (Å²) in [6, 6.07) is 0.